The average Bonchev–Trinajstić information content (AvgIpc) is 2.31. The topological polar surface area (TPSA) is 62.7 Å². The van der Waals surface area contributed by atoms with Gasteiger partial charge in [-0.3, -0.25) is 9.88 Å². The van der Waals surface area contributed by atoms with E-state index in [1.54, 1.807) is 12.1 Å². The number of carboxylic acids is 1. The van der Waals surface area contributed by atoms with Gasteiger partial charge in [-0.25, -0.2) is 4.79 Å². The van der Waals surface area contributed by atoms with Crippen molar-refractivity contribution in [1.29, 1.82) is 0 Å². The molecule has 0 radical (unpaired) electrons. The molecule has 1 saturated heterocycles. The van der Waals surface area contributed by atoms with Gasteiger partial charge in [0, 0.05) is 25.8 Å². The Morgan fingerprint density at radius 2 is 2.19 bits per heavy atom. The molecule has 1 aliphatic heterocycles. The third-order valence-corrected chi connectivity index (χ3v) is 2.56. The van der Waals surface area contributed by atoms with Crippen LogP contribution in [-0.4, -0.2) is 47.3 Å². The number of pyridine rings is 1. The Morgan fingerprint density at radius 1 is 1.44 bits per heavy atom. The largest absolute Gasteiger partial charge is 0.478 e. The van der Waals surface area contributed by atoms with Crippen molar-refractivity contribution in [2.24, 2.45) is 0 Å². The summed E-state index contributed by atoms with van der Waals surface area (Å²) in [7, 11) is 0. The highest BCUT2D eigenvalue weighted by molar-refractivity contribution is 5.87. The van der Waals surface area contributed by atoms with Crippen LogP contribution in [0.5, 0.6) is 0 Å². The van der Waals surface area contributed by atoms with Crippen molar-refractivity contribution < 1.29 is 14.6 Å². The summed E-state index contributed by atoms with van der Waals surface area (Å²) in [6, 6.07) is 3.35. The van der Waals surface area contributed by atoms with Crippen molar-refractivity contribution in [3.63, 3.8) is 0 Å². The molecule has 0 unspecified atom stereocenters. The number of aromatic nitrogens is 1. The molecule has 1 aliphatic rings. The first-order valence-electron chi connectivity index (χ1n) is 5.24. The molecule has 0 bridgehead atoms. The first-order valence-corrected chi connectivity index (χ1v) is 5.24. The summed E-state index contributed by atoms with van der Waals surface area (Å²) >= 11 is 0. The molecule has 2 rings (SSSR count). The van der Waals surface area contributed by atoms with E-state index in [0.29, 0.717) is 0 Å². The molecule has 1 N–H and O–H groups in total. The number of aromatic carboxylic acids is 1. The van der Waals surface area contributed by atoms with Crippen LogP contribution in [0.25, 0.3) is 0 Å². The molecule has 1 aromatic heterocycles. The maximum atomic E-state index is 10.6. The molecule has 0 aliphatic carbocycles. The normalized spacial score (nSPS) is 17.2. The van der Waals surface area contributed by atoms with E-state index in [1.165, 1.54) is 6.20 Å². The highest BCUT2D eigenvalue weighted by Crippen LogP contribution is 2.06. The summed E-state index contributed by atoms with van der Waals surface area (Å²) < 4.78 is 5.25. The van der Waals surface area contributed by atoms with Gasteiger partial charge in [-0.2, -0.15) is 0 Å². The fraction of sp³-hybridized carbons (Fsp3) is 0.455. The first-order chi connectivity index (χ1) is 7.75. The van der Waals surface area contributed by atoms with Crippen molar-refractivity contribution in [3.05, 3.63) is 29.6 Å². The Kier molecular flexibility index (Phi) is 3.48. The zero-order chi connectivity index (χ0) is 11.4. The van der Waals surface area contributed by atoms with Crippen LogP contribution in [0.1, 0.15) is 16.1 Å². The molecule has 5 nitrogen and oxygen atoms in total. The molecule has 2 heterocycles. The maximum Gasteiger partial charge on any atom is 0.337 e. The molecular weight excluding hydrogens is 208 g/mol. The first kappa shape index (κ1) is 11.0. The predicted molar refractivity (Wildman–Crippen MR) is 57.3 cm³/mol. The van der Waals surface area contributed by atoms with Gasteiger partial charge in [0.05, 0.1) is 24.5 Å². The van der Waals surface area contributed by atoms with E-state index >= 15 is 0 Å². The average molecular weight is 222 g/mol. The summed E-state index contributed by atoms with van der Waals surface area (Å²) in [5.74, 6) is -0.939. The molecule has 0 spiro atoms. The lowest BCUT2D eigenvalue weighted by atomic mass is 10.2. The summed E-state index contributed by atoms with van der Waals surface area (Å²) in [5.41, 5.74) is 1.12. The predicted octanol–water partition coefficient (Wildman–Crippen LogP) is 0.612. The van der Waals surface area contributed by atoms with Gasteiger partial charge in [-0.1, -0.05) is 0 Å². The van der Waals surface area contributed by atoms with Crippen LogP contribution in [0, 0.1) is 0 Å². The van der Waals surface area contributed by atoms with E-state index in [1.807, 2.05) is 0 Å². The zero-order valence-electron chi connectivity index (χ0n) is 8.93. The van der Waals surface area contributed by atoms with Gasteiger partial charge >= 0.3 is 5.97 Å². The van der Waals surface area contributed by atoms with Crippen LogP contribution in [0.4, 0.5) is 0 Å². The molecule has 0 saturated carbocycles. The molecule has 1 aromatic rings. The Morgan fingerprint density at radius 3 is 2.75 bits per heavy atom. The van der Waals surface area contributed by atoms with E-state index in [0.717, 1.165) is 38.5 Å². The van der Waals surface area contributed by atoms with Crippen LogP contribution in [0.15, 0.2) is 18.3 Å². The standard InChI is InChI=1S/C11H14N2O3/c14-11(15)9-1-2-10(12-7-9)8-13-3-5-16-6-4-13/h1-2,7H,3-6,8H2,(H,14,15). The van der Waals surface area contributed by atoms with E-state index in [2.05, 4.69) is 9.88 Å². The Hall–Kier alpha value is -1.46. The third-order valence-electron chi connectivity index (χ3n) is 2.56. The second-order valence-corrected chi connectivity index (χ2v) is 3.73. The van der Waals surface area contributed by atoms with Crippen molar-refractivity contribution in [1.82, 2.24) is 9.88 Å². The molecule has 16 heavy (non-hydrogen) atoms. The van der Waals surface area contributed by atoms with Crippen LogP contribution < -0.4 is 0 Å². The van der Waals surface area contributed by atoms with Crippen molar-refractivity contribution >= 4 is 5.97 Å². The van der Waals surface area contributed by atoms with E-state index in [4.69, 9.17) is 9.84 Å². The van der Waals surface area contributed by atoms with E-state index < -0.39 is 5.97 Å². The van der Waals surface area contributed by atoms with Gasteiger partial charge in [-0.15, -0.1) is 0 Å². The molecule has 5 heteroatoms. The number of rotatable bonds is 3. The smallest absolute Gasteiger partial charge is 0.337 e. The minimum absolute atomic E-state index is 0.228. The fourth-order valence-corrected chi connectivity index (χ4v) is 1.63. The molecule has 0 amide bonds. The van der Waals surface area contributed by atoms with Gasteiger partial charge in [0.2, 0.25) is 0 Å². The van der Waals surface area contributed by atoms with Crippen molar-refractivity contribution in [2.75, 3.05) is 26.3 Å². The van der Waals surface area contributed by atoms with Crippen molar-refractivity contribution in [3.8, 4) is 0 Å². The lowest BCUT2D eigenvalue weighted by Crippen LogP contribution is -2.35. The number of carboxylic acid groups (broad SMARTS) is 1. The Labute approximate surface area is 93.7 Å². The fourth-order valence-electron chi connectivity index (χ4n) is 1.63. The quantitative estimate of drug-likeness (QED) is 0.812. The van der Waals surface area contributed by atoms with E-state index in [-0.39, 0.29) is 5.56 Å². The molecular formula is C11H14N2O3. The van der Waals surface area contributed by atoms with Gasteiger partial charge in [0.1, 0.15) is 0 Å². The highest BCUT2D eigenvalue weighted by Gasteiger charge is 2.11. The number of hydrogen-bond donors (Lipinski definition) is 1. The highest BCUT2D eigenvalue weighted by atomic mass is 16.5. The van der Waals surface area contributed by atoms with Gasteiger partial charge in [-0.05, 0) is 12.1 Å². The van der Waals surface area contributed by atoms with Crippen LogP contribution >= 0.6 is 0 Å². The number of morpholine rings is 1. The molecule has 1 fully saturated rings. The van der Waals surface area contributed by atoms with Gasteiger partial charge in [0.15, 0.2) is 0 Å². The minimum atomic E-state index is -0.939. The summed E-state index contributed by atoms with van der Waals surface area (Å²) in [5, 5.41) is 8.73. The summed E-state index contributed by atoms with van der Waals surface area (Å²) in [4.78, 5) is 17.0. The van der Waals surface area contributed by atoms with Crippen LogP contribution in [0.3, 0.4) is 0 Å². The monoisotopic (exact) mass is 222 g/mol. The van der Waals surface area contributed by atoms with Crippen LogP contribution in [-0.2, 0) is 11.3 Å². The van der Waals surface area contributed by atoms with Gasteiger partial charge in [0.25, 0.3) is 0 Å². The molecule has 0 atom stereocenters. The number of hydrogen-bond acceptors (Lipinski definition) is 4. The Balaban J connectivity index is 1.96. The SMILES string of the molecule is O=C(O)c1ccc(CN2CCOCC2)nc1. The zero-order valence-corrected chi connectivity index (χ0v) is 8.93. The number of nitrogens with zero attached hydrogens (tertiary/aromatic N) is 2. The third kappa shape index (κ3) is 2.77. The van der Waals surface area contributed by atoms with Gasteiger partial charge < -0.3 is 9.84 Å². The molecule has 0 aromatic carbocycles. The lowest BCUT2D eigenvalue weighted by Gasteiger charge is -2.26. The Bertz CT molecular complexity index is 358. The van der Waals surface area contributed by atoms with Crippen molar-refractivity contribution in [2.45, 2.75) is 6.54 Å². The van der Waals surface area contributed by atoms with Crippen LogP contribution in [0.2, 0.25) is 0 Å². The molecule has 86 valence electrons. The van der Waals surface area contributed by atoms with E-state index in [9.17, 15) is 4.79 Å². The summed E-state index contributed by atoms with van der Waals surface area (Å²) in [6.07, 6.45) is 1.40. The number of ether oxygens (including phenoxy) is 1. The maximum absolute atomic E-state index is 10.6. The lowest BCUT2D eigenvalue weighted by molar-refractivity contribution is 0.0336. The summed E-state index contributed by atoms with van der Waals surface area (Å²) in [6.45, 7) is 4.08. The second kappa shape index (κ2) is 5.05. The number of carbonyl (C=O) groups is 1. The minimum Gasteiger partial charge on any atom is -0.478 e. The second-order valence-electron chi connectivity index (χ2n) is 3.73.